The number of anilines is 1. The number of aromatic amines is 1. The lowest BCUT2D eigenvalue weighted by Crippen LogP contribution is -2.19. The van der Waals surface area contributed by atoms with E-state index < -0.39 is 45.2 Å². The molecule has 0 saturated heterocycles. The summed E-state index contributed by atoms with van der Waals surface area (Å²) in [6, 6.07) is 4.78. The minimum atomic E-state index is -4.53. The third-order valence-corrected chi connectivity index (χ3v) is 5.26. The second-order valence-electron chi connectivity index (χ2n) is 5.62. The normalized spacial score (nSPS) is 12.4. The predicted molar refractivity (Wildman–Crippen MR) is 92.0 cm³/mol. The molecule has 0 unspecified atom stereocenters. The first-order chi connectivity index (χ1) is 13.0. The van der Waals surface area contributed by atoms with Crippen molar-refractivity contribution in [3.05, 3.63) is 53.2 Å². The Morgan fingerprint density at radius 3 is 2.50 bits per heavy atom. The van der Waals surface area contributed by atoms with Crippen molar-refractivity contribution in [3.63, 3.8) is 0 Å². The molecule has 0 amide bonds. The first kappa shape index (κ1) is 20.2. The Morgan fingerprint density at radius 2 is 1.82 bits per heavy atom. The van der Waals surface area contributed by atoms with Gasteiger partial charge >= 0.3 is 6.18 Å². The fourth-order valence-electron chi connectivity index (χ4n) is 2.36. The molecule has 3 aromatic rings. The van der Waals surface area contributed by atoms with E-state index in [4.69, 9.17) is 11.6 Å². The van der Waals surface area contributed by atoms with Gasteiger partial charge in [-0.25, -0.2) is 17.2 Å². The van der Waals surface area contributed by atoms with Crippen LogP contribution >= 0.6 is 11.6 Å². The summed E-state index contributed by atoms with van der Waals surface area (Å²) in [7, 11) is -4.35. The summed E-state index contributed by atoms with van der Waals surface area (Å²) in [6.45, 7) is -1.51. The van der Waals surface area contributed by atoms with E-state index in [2.05, 4.69) is 9.72 Å². The fraction of sp³-hybridized carbons (Fsp3) is 0.125. The van der Waals surface area contributed by atoms with Crippen molar-refractivity contribution in [3.8, 4) is 5.75 Å². The van der Waals surface area contributed by atoms with Gasteiger partial charge in [0.2, 0.25) is 0 Å². The molecule has 1 heterocycles. The molecule has 2 aromatic carbocycles. The summed E-state index contributed by atoms with van der Waals surface area (Å²) in [5.74, 6) is -2.24. The topological polar surface area (TPSA) is 71.2 Å². The van der Waals surface area contributed by atoms with E-state index in [0.717, 1.165) is 12.3 Å². The largest absolute Gasteiger partial charge is 0.484 e. The molecule has 0 aliphatic carbocycles. The van der Waals surface area contributed by atoms with Crippen LogP contribution < -0.4 is 9.46 Å². The number of nitrogens with one attached hydrogen (secondary N) is 2. The Bertz CT molecular complexity index is 1150. The van der Waals surface area contributed by atoms with E-state index in [1.165, 1.54) is 12.1 Å². The number of ether oxygens (including phenoxy) is 1. The lowest BCUT2D eigenvalue weighted by molar-refractivity contribution is -0.153. The van der Waals surface area contributed by atoms with E-state index in [1.807, 2.05) is 4.72 Å². The number of hydrogen-bond acceptors (Lipinski definition) is 3. The van der Waals surface area contributed by atoms with Gasteiger partial charge in [-0.3, -0.25) is 4.72 Å². The fourth-order valence-corrected chi connectivity index (χ4v) is 3.74. The molecule has 5 nitrogen and oxygen atoms in total. The third kappa shape index (κ3) is 4.30. The Balaban J connectivity index is 1.91. The number of hydrogen-bond donors (Lipinski definition) is 2. The Kier molecular flexibility index (Phi) is 5.15. The number of rotatable bonds is 5. The van der Waals surface area contributed by atoms with Gasteiger partial charge in [0.05, 0.1) is 16.2 Å². The molecule has 0 aliphatic rings. The molecule has 150 valence electrons. The first-order valence-electron chi connectivity index (χ1n) is 7.44. The molecule has 0 atom stereocenters. The standard InChI is InChI=1S/C16H10ClF5N2O3S/c17-10-4-12(19)14(5-11(10)18)24-28(25,26)15-6-23-13-3-8(1-2-9(13)15)27-7-16(20,21)22/h1-6,23-24H,7H2. The number of halogens is 6. The maximum absolute atomic E-state index is 13.9. The monoisotopic (exact) mass is 440 g/mol. The van der Waals surface area contributed by atoms with Crippen LogP contribution in [0.4, 0.5) is 27.6 Å². The van der Waals surface area contributed by atoms with Crippen molar-refractivity contribution < 1.29 is 35.1 Å². The van der Waals surface area contributed by atoms with Crippen molar-refractivity contribution in [1.29, 1.82) is 0 Å². The molecule has 0 spiro atoms. The van der Waals surface area contributed by atoms with Gasteiger partial charge in [-0.15, -0.1) is 0 Å². The highest BCUT2D eigenvalue weighted by Gasteiger charge is 2.28. The summed E-state index contributed by atoms with van der Waals surface area (Å²) < 4.78 is 95.6. The quantitative estimate of drug-likeness (QED) is 0.440. The summed E-state index contributed by atoms with van der Waals surface area (Å²) in [6.07, 6.45) is -3.47. The summed E-state index contributed by atoms with van der Waals surface area (Å²) in [5.41, 5.74) is -0.482. The zero-order valence-corrected chi connectivity index (χ0v) is 15.1. The van der Waals surface area contributed by atoms with Gasteiger partial charge in [0, 0.05) is 23.7 Å². The zero-order valence-electron chi connectivity index (χ0n) is 13.6. The summed E-state index contributed by atoms with van der Waals surface area (Å²) in [4.78, 5) is 2.26. The lowest BCUT2D eigenvalue weighted by Gasteiger charge is -2.10. The van der Waals surface area contributed by atoms with Crippen LogP contribution in [-0.2, 0) is 10.0 Å². The van der Waals surface area contributed by atoms with Crippen LogP contribution in [0.3, 0.4) is 0 Å². The first-order valence-corrected chi connectivity index (χ1v) is 9.30. The van der Waals surface area contributed by atoms with Crippen molar-refractivity contribution in [2.24, 2.45) is 0 Å². The lowest BCUT2D eigenvalue weighted by atomic mass is 10.2. The smallest absolute Gasteiger partial charge is 0.422 e. The van der Waals surface area contributed by atoms with E-state index in [1.54, 1.807) is 0 Å². The molecular formula is C16H10ClF5N2O3S. The van der Waals surface area contributed by atoms with Crippen molar-refractivity contribution in [2.75, 3.05) is 11.3 Å². The number of fused-ring (bicyclic) bond motifs is 1. The minimum absolute atomic E-state index is 0.113. The van der Waals surface area contributed by atoms with Crippen molar-refractivity contribution >= 4 is 38.2 Å². The number of aromatic nitrogens is 1. The number of alkyl halides is 3. The maximum Gasteiger partial charge on any atom is 0.422 e. The highest BCUT2D eigenvalue weighted by atomic mass is 35.5. The van der Waals surface area contributed by atoms with Gasteiger partial charge in [-0.2, -0.15) is 13.2 Å². The zero-order chi connectivity index (χ0) is 20.7. The van der Waals surface area contributed by atoms with Crippen LogP contribution in [0, 0.1) is 11.6 Å². The second-order valence-corrected chi connectivity index (χ2v) is 7.67. The average Bonchev–Trinajstić information content (AvgIpc) is 3.01. The molecule has 0 aliphatic heterocycles. The number of benzene rings is 2. The molecule has 3 rings (SSSR count). The molecule has 1 aromatic heterocycles. The van der Waals surface area contributed by atoms with Crippen LogP contribution in [-0.4, -0.2) is 26.2 Å². The average molecular weight is 441 g/mol. The Labute approximate surface area is 160 Å². The van der Waals surface area contributed by atoms with Gasteiger partial charge in [-0.05, 0) is 18.2 Å². The molecule has 0 bridgehead atoms. The number of H-pyrrole nitrogens is 1. The molecule has 0 fully saturated rings. The van der Waals surface area contributed by atoms with Gasteiger partial charge < -0.3 is 9.72 Å². The van der Waals surface area contributed by atoms with Crippen LogP contribution in [0.15, 0.2) is 41.4 Å². The van der Waals surface area contributed by atoms with Crippen LogP contribution in [0.5, 0.6) is 5.75 Å². The van der Waals surface area contributed by atoms with Crippen LogP contribution in [0.1, 0.15) is 0 Å². The van der Waals surface area contributed by atoms with E-state index in [0.29, 0.717) is 12.1 Å². The Hall–Kier alpha value is -2.53. The molecular weight excluding hydrogens is 431 g/mol. The third-order valence-electron chi connectivity index (χ3n) is 3.56. The second kappa shape index (κ2) is 7.13. The summed E-state index contributed by atoms with van der Waals surface area (Å²) >= 11 is 5.42. The molecule has 0 radical (unpaired) electrons. The van der Waals surface area contributed by atoms with Crippen LogP contribution in [0.25, 0.3) is 10.9 Å². The molecule has 0 saturated carbocycles. The predicted octanol–water partition coefficient (Wildman–Crippen LogP) is 4.84. The SMILES string of the molecule is O=S(=O)(Nc1cc(F)c(Cl)cc1F)c1c[nH]c2cc(OCC(F)(F)F)ccc12. The molecule has 2 N–H and O–H groups in total. The minimum Gasteiger partial charge on any atom is -0.484 e. The van der Waals surface area contributed by atoms with Gasteiger partial charge in [0.25, 0.3) is 10.0 Å². The van der Waals surface area contributed by atoms with E-state index >= 15 is 0 Å². The molecule has 12 heteroatoms. The summed E-state index contributed by atoms with van der Waals surface area (Å²) in [5, 5.41) is -0.402. The highest BCUT2D eigenvalue weighted by molar-refractivity contribution is 7.93. The molecule has 28 heavy (non-hydrogen) atoms. The van der Waals surface area contributed by atoms with E-state index in [-0.39, 0.29) is 21.5 Å². The van der Waals surface area contributed by atoms with Gasteiger partial charge in [0.15, 0.2) is 6.61 Å². The Morgan fingerprint density at radius 1 is 1.11 bits per heavy atom. The van der Waals surface area contributed by atoms with Crippen molar-refractivity contribution in [1.82, 2.24) is 4.98 Å². The number of sulfonamides is 1. The van der Waals surface area contributed by atoms with Crippen LogP contribution in [0.2, 0.25) is 5.02 Å². The van der Waals surface area contributed by atoms with Crippen molar-refractivity contribution in [2.45, 2.75) is 11.1 Å². The van der Waals surface area contributed by atoms with E-state index in [9.17, 15) is 30.4 Å². The van der Waals surface area contributed by atoms with Gasteiger partial charge in [-0.1, -0.05) is 11.6 Å². The maximum atomic E-state index is 13.9. The highest BCUT2D eigenvalue weighted by Crippen LogP contribution is 2.30. The van der Waals surface area contributed by atoms with Gasteiger partial charge in [0.1, 0.15) is 22.3 Å².